The van der Waals surface area contributed by atoms with Crippen LogP contribution in [0.1, 0.15) is 22.7 Å². The minimum absolute atomic E-state index is 0.176. The van der Waals surface area contributed by atoms with Crippen LogP contribution in [0.15, 0.2) is 84.9 Å². The lowest BCUT2D eigenvalue weighted by Gasteiger charge is -2.24. The smallest absolute Gasteiger partial charge is 0.250 e. The van der Waals surface area contributed by atoms with Crippen molar-refractivity contribution >= 4 is 52.8 Å². The normalized spacial score (nSPS) is 14.6. The highest BCUT2D eigenvalue weighted by atomic mass is 35.5. The number of benzene rings is 3. The number of nitrogens with zero attached hydrogens (tertiary/aromatic N) is 3. The van der Waals surface area contributed by atoms with E-state index < -0.39 is 0 Å². The van der Waals surface area contributed by atoms with E-state index in [-0.39, 0.29) is 17.9 Å². The van der Waals surface area contributed by atoms with Gasteiger partial charge in [0, 0.05) is 21.8 Å². The summed E-state index contributed by atoms with van der Waals surface area (Å²) in [6.07, 6.45) is 5.09. The molecule has 0 spiro atoms. The van der Waals surface area contributed by atoms with E-state index in [1.54, 1.807) is 23.9 Å². The second kappa shape index (κ2) is 10.3. The maximum atomic E-state index is 12.6. The van der Waals surface area contributed by atoms with Crippen molar-refractivity contribution in [1.29, 1.82) is 0 Å². The molecule has 0 saturated heterocycles. The molecule has 1 aliphatic heterocycles. The van der Waals surface area contributed by atoms with Crippen LogP contribution in [-0.4, -0.2) is 27.8 Å². The first-order valence-corrected chi connectivity index (χ1v) is 11.8. The second-order valence-electron chi connectivity index (χ2n) is 7.98. The Balaban J connectivity index is 1.44. The van der Waals surface area contributed by atoms with Gasteiger partial charge in [0.05, 0.1) is 7.11 Å². The minimum Gasteiger partial charge on any atom is -0.497 e. The molecule has 2 N–H and O–H groups in total. The van der Waals surface area contributed by atoms with Gasteiger partial charge >= 0.3 is 0 Å². The van der Waals surface area contributed by atoms with E-state index in [0.29, 0.717) is 16.0 Å². The number of allylic oxidation sites excluding steroid dienone is 1. The molecule has 5 rings (SSSR count). The van der Waals surface area contributed by atoms with E-state index in [1.165, 1.54) is 6.08 Å². The predicted octanol–water partition coefficient (Wildman–Crippen LogP) is 6.30. The topological polar surface area (TPSA) is 81.1 Å². The summed E-state index contributed by atoms with van der Waals surface area (Å²) in [5.74, 6) is 1.06. The van der Waals surface area contributed by atoms with Crippen LogP contribution in [0.25, 0.3) is 11.8 Å². The van der Waals surface area contributed by atoms with Gasteiger partial charge < -0.3 is 10.1 Å². The van der Waals surface area contributed by atoms with Gasteiger partial charge in [-0.2, -0.15) is 4.98 Å². The zero-order valence-electron chi connectivity index (χ0n) is 19.2. The molecule has 1 aromatic heterocycles. The first kappa shape index (κ1) is 23.7. The zero-order chi connectivity index (χ0) is 25.1. The van der Waals surface area contributed by atoms with Crippen molar-refractivity contribution in [3.05, 3.63) is 112 Å². The number of ether oxygens (including phenoxy) is 1. The highest BCUT2D eigenvalue weighted by molar-refractivity contribution is 6.32. The third kappa shape index (κ3) is 5.12. The Morgan fingerprint density at radius 1 is 1.06 bits per heavy atom. The molecule has 9 heteroatoms. The van der Waals surface area contributed by atoms with Crippen molar-refractivity contribution in [3.8, 4) is 5.75 Å². The molecule has 1 atom stereocenters. The lowest BCUT2D eigenvalue weighted by atomic mass is 10.0. The Kier molecular flexibility index (Phi) is 6.75. The monoisotopic (exact) mass is 517 g/mol. The zero-order valence-corrected chi connectivity index (χ0v) is 20.7. The molecular formula is C27H21Cl2N5O2. The van der Waals surface area contributed by atoms with E-state index >= 15 is 0 Å². The van der Waals surface area contributed by atoms with Gasteiger partial charge in [0.1, 0.15) is 11.8 Å². The molecule has 1 amide bonds. The fourth-order valence-corrected chi connectivity index (χ4v) is 4.13. The van der Waals surface area contributed by atoms with Crippen LogP contribution in [0.3, 0.4) is 0 Å². The maximum absolute atomic E-state index is 12.6. The Morgan fingerprint density at radius 3 is 2.53 bits per heavy atom. The summed E-state index contributed by atoms with van der Waals surface area (Å²) >= 11 is 12.2. The highest BCUT2D eigenvalue weighted by Gasteiger charge is 2.25. The van der Waals surface area contributed by atoms with Crippen LogP contribution in [-0.2, 0) is 4.79 Å². The highest BCUT2D eigenvalue weighted by Crippen LogP contribution is 2.34. The number of amides is 1. The number of methoxy groups -OCH3 is 1. The lowest BCUT2D eigenvalue weighted by Crippen LogP contribution is -2.20. The van der Waals surface area contributed by atoms with Crippen LogP contribution in [0.4, 0.5) is 11.9 Å². The number of halogens is 2. The van der Waals surface area contributed by atoms with Crippen LogP contribution in [0, 0.1) is 0 Å². The number of hydrogen-bond donors (Lipinski definition) is 2. The van der Waals surface area contributed by atoms with Gasteiger partial charge in [-0.3, -0.25) is 10.1 Å². The molecule has 0 aliphatic carbocycles. The van der Waals surface area contributed by atoms with Crippen LogP contribution in [0.2, 0.25) is 10.0 Å². The number of anilines is 2. The lowest BCUT2D eigenvalue weighted by molar-refractivity contribution is -0.111. The van der Waals surface area contributed by atoms with Gasteiger partial charge in [0.15, 0.2) is 0 Å². The quantitative estimate of drug-likeness (QED) is 0.293. The molecule has 0 fully saturated rings. The molecule has 180 valence electrons. The third-order valence-corrected chi connectivity index (χ3v) is 6.23. The molecule has 0 bridgehead atoms. The number of carbonyl (C=O) groups excluding carboxylic acids is 1. The Hall–Kier alpha value is -4.07. The standard InChI is InChI=1S/C27H21Cl2N5O2/c1-36-21-13-8-19(9-14-21)24-16-23(18-6-11-20(28)12-7-18)30-27-32-26(33-34(24)27)31-25(35)15-10-17-4-2-3-5-22(17)29/h2-16,24H,1H3,(H2,30,31,32,33,35)/b15-10+/t24-/m0/s1. The first-order chi connectivity index (χ1) is 17.5. The Labute approximate surface area is 218 Å². The third-order valence-electron chi connectivity index (χ3n) is 5.63. The SMILES string of the molecule is COc1ccc([C@@H]2C=C(c3ccc(Cl)cc3)Nc3nc(NC(=O)/C=C/c4ccccc4Cl)nn32)cc1. The summed E-state index contributed by atoms with van der Waals surface area (Å²) in [6, 6.07) is 22.3. The average Bonchev–Trinajstić information content (AvgIpc) is 3.30. The summed E-state index contributed by atoms with van der Waals surface area (Å²) in [4.78, 5) is 17.1. The maximum Gasteiger partial charge on any atom is 0.250 e. The van der Waals surface area contributed by atoms with E-state index in [2.05, 4.69) is 26.8 Å². The van der Waals surface area contributed by atoms with Gasteiger partial charge in [0.2, 0.25) is 5.95 Å². The molecule has 1 aliphatic rings. The van der Waals surface area contributed by atoms with Crippen molar-refractivity contribution in [2.45, 2.75) is 6.04 Å². The average molecular weight is 518 g/mol. The summed E-state index contributed by atoms with van der Waals surface area (Å²) in [6.45, 7) is 0. The summed E-state index contributed by atoms with van der Waals surface area (Å²) in [5, 5.41) is 11.8. The van der Waals surface area contributed by atoms with Crippen LogP contribution < -0.4 is 15.4 Å². The number of aromatic nitrogens is 3. The predicted molar refractivity (Wildman–Crippen MR) is 143 cm³/mol. The van der Waals surface area contributed by atoms with Gasteiger partial charge in [0.25, 0.3) is 11.9 Å². The number of nitrogens with one attached hydrogen (secondary N) is 2. The molecular weight excluding hydrogens is 497 g/mol. The summed E-state index contributed by atoms with van der Waals surface area (Å²) in [5.41, 5.74) is 3.51. The minimum atomic E-state index is -0.371. The van der Waals surface area contributed by atoms with Crippen molar-refractivity contribution in [2.24, 2.45) is 0 Å². The fraction of sp³-hybridized carbons (Fsp3) is 0.0741. The van der Waals surface area contributed by atoms with Gasteiger partial charge in [-0.15, -0.1) is 5.10 Å². The molecule has 0 radical (unpaired) electrons. The van der Waals surface area contributed by atoms with E-state index in [9.17, 15) is 4.79 Å². The largest absolute Gasteiger partial charge is 0.497 e. The van der Waals surface area contributed by atoms with E-state index in [1.807, 2.05) is 66.7 Å². The van der Waals surface area contributed by atoms with Gasteiger partial charge in [-0.05, 0) is 59.2 Å². The summed E-state index contributed by atoms with van der Waals surface area (Å²) in [7, 11) is 1.63. The number of carbonyl (C=O) groups is 1. The van der Waals surface area contributed by atoms with Gasteiger partial charge in [-0.25, -0.2) is 4.68 Å². The molecule has 36 heavy (non-hydrogen) atoms. The first-order valence-electron chi connectivity index (χ1n) is 11.1. The van der Waals surface area contributed by atoms with Gasteiger partial charge in [-0.1, -0.05) is 65.7 Å². The van der Waals surface area contributed by atoms with Crippen molar-refractivity contribution in [3.63, 3.8) is 0 Å². The van der Waals surface area contributed by atoms with Crippen molar-refractivity contribution in [1.82, 2.24) is 14.8 Å². The Morgan fingerprint density at radius 2 is 1.81 bits per heavy atom. The van der Waals surface area contributed by atoms with E-state index in [4.69, 9.17) is 27.9 Å². The molecule has 0 unspecified atom stereocenters. The molecule has 4 aromatic rings. The number of rotatable bonds is 6. The molecule has 7 nitrogen and oxygen atoms in total. The van der Waals surface area contributed by atoms with Crippen molar-refractivity contribution in [2.75, 3.05) is 17.7 Å². The number of hydrogen-bond acceptors (Lipinski definition) is 5. The molecule has 2 heterocycles. The van der Waals surface area contributed by atoms with Crippen molar-refractivity contribution < 1.29 is 9.53 Å². The van der Waals surface area contributed by atoms with Crippen LogP contribution >= 0.6 is 23.2 Å². The van der Waals surface area contributed by atoms with Crippen LogP contribution in [0.5, 0.6) is 5.75 Å². The molecule has 3 aromatic carbocycles. The number of fused-ring (bicyclic) bond motifs is 1. The fourth-order valence-electron chi connectivity index (χ4n) is 3.81. The molecule has 0 saturated carbocycles. The van der Waals surface area contributed by atoms with E-state index in [0.717, 1.165) is 28.1 Å². The summed E-state index contributed by atoms with van der Waals surface area (Å²) < 4.78 is 7.03. The second-order valence-corrected chi connectivity index (χ2v) is 8.82. The Bertz CT molecular complexity index is 1460.